The molecule has 4 nitrogen and oxygen atoms in total. The number of nitrogens with one attached hydrogen (secondary N) is 1. The van der Waals surface area contributed by atoms with E-state index >= 15 is 0 Å². The van der Waals surface area contributed by atoms with Crippen LogP contribution in [0.5, 0.6) is 5.75 Å². The Morgan fingerprint density at radius 3 is 2.50 bits per heavy atom. The summed E-state index contributed by atoms with van der Waals surface area (Å²) in [5, 5.41) is 22.3. The Kier molecular flexibility index (Phi) is 4.99. The zero-order valence-electron chi connectivity index (χ0n) is 10.7. The molecule has 1 aliphatic heterocycles. The van der Waals surface area contributed by atoms with E-state index in [-0.39, 0.29) is 11.9 Å². The molecule has 1 saturated heterocycles. The number of aliphatic hydroxyl groups excluding tert-OH is 1. The van der Waals surface area contributed by atoms with Crippen molar-refractivity contribution >= 4 is 0 Å². The molecule has 1 aromatic carbocycles. The van der Waals surface area contributed by atoms with Crippen molar-refractivity contribution in [3.63, 3.8) is 0 Å². The van der Waals surface area contributed by atoms with Gasteiger partial charge in [-0.15, -0.1) is 0 Å². The number of rotatable bonds is 6. The van der Waals surface area contributed by atoms with Gasteiger partial charge in [0.25, 0.3) is 0 Å². The summed E-state index contributed by atoms with van der Waals surface area (Å²) < 4.78 is 0. The van der Waals surface area contributed by atoms with E-state index in [1.54, 1.807) is 12.1 Å². The molecule has 0 saturated carbocycles. The van der Waals surface area contributed by atoms with E-state index in [2.05, 4.69) is 10.2 Å². The monoisotopic (exact) mass is 250 g/mol. The molecular formula is C14H22N2O2. The summed E-state index contributed by atoms with van der Waals surface area (Å²) in [5.74, 6) is 0.285. The number of aliphatic hydroxyl groups is 1. The van der Waals surface area contributed by atoms with Crippen molar-refractivity contribution in [3.8, 4) is 5.75 Å². The van der Waals surface area contributed by atoms with Gasteiger partial charge in [0, 0.05) is 19.6 Å². The molecule has 0 radical (unpaired) electrons. The highest BCUT2D eigenvalue weighted by Crippen LogP contribution is 2.09. The molecule has 0 amide bonds. The lowest BCUT2D eigenvalue weighted by atomic mass is 10.2. The lowest BCUT2D eigenvalue weighted by Gasteiger charge is -2.19. The summed E-state index contributed by atoms with van der Waals surface area (Å²) in [6.45, 7) is 4.33. The predicted molar refractivity (Wildman–Crippen MR) is 71.5 cm³/mol. The molecule has 1 fully saturated rings. The molecule has 1 aromatic rings. The van der Waals surface area contributed by atoms with Crippen molar-refractivity contribution in [1.29, 1.82) is 0 Å². The number of nitrogens with zero attached hydrogens (tertiary/aromatic N) is 1. The van der Waals surface area contributed by atoms with Gasteiger partial charge in [0.05, 0.1) is 6.10 Å². The quantitative estimate of drug-likeness (QED) is 0.703. The van der Waals surface area contributed by atoms with E-state index in [9.17, 15) is 5.11 Å². The molecule has 18 heavy (non-hydrogen) atoms. The summed E-state index contributed by atoms with van der Waals surface area (Å²) in [5.41, 5.74) is 1.11. The van der Waals surface area contributed by atoms with Crippen LogP contribution in [0.4, 0.5) is 0 Å². The maximum Gasteiger partial charge on any atom is 0.115 e. The van der Waals surface area contributed by atoms with Gasteiger partial charge >= 0.3 is 0 Å². The Labute approximate surface area is 108 Å². The lowest BCUT2D eigenvalue weighted by molar-refractivity contribution is 0.123. The van der Waals surface area contributed by atoms with Gasteiger partial charge in [-0.1, -0.05) is 12.1 Å². The fourth-order valence-corrected chi connectivity index (χ4v) is 2.32. The smallest absolute Gasteiger partial charge is 0.115 e. The number of phenolic OH excluding ortho intramolecular Hbond substituents is 1. The third-order valence-corrected chi connectivity index (χ3v) is 3.31. The SMILES string of the molecule is Oc1ccc(CNCC(O)CN2CCCC2)cc1. The number of β-amino-alcohol motifs (C(OH)–C–C–N with tert-alkyl or cyclic N) is 1. The second kappa shape index (κ2) is 6.73. The molecule has 0 aromatic heterocycles. The van der Waals surface area contributed by atoms with Gasteiger partial charge in [0.1, 0.15) is 5.75 Å². The van der Waals surface area contributed by atoms with Gasteiger partial charge in [-0.25, -0.2) is 0 Å². The Hall–Kier alpha value is -1.10. The maximum atomic E-state index is 9.89. The van der Waals surface area contributed by atoms with Gasteiger partial charge in [-0.05, 0) is 43.6 Å². The van der Waals surface area contributed by atoms with Crippen LogP contribution in [0.1, 0.15) is 18.4 Å². The number of phenols is 1. The van der Waals surface area contributed by atoms with E-state index in [0.717, 1.165) is 31.7 Å². The minimum absolute atomic E-state index is 0.285. The molecule has 0 spiro atoms. The molecule has 1 aliphatic rings. The highest BCUT2D eigenvalue weighted by atomic mass is 16.3. The lowest BCUT2D eigenvalue weighted by Crippen LogP contribution is -2.36. The molecule has 1 unspecified atom stereocenters. The van der Waals surface area contributed by atoms with E-state index in [0.29, 0.717) is 6.54 Å². The van der Waals surface area contributed by atoms with Crippen molar-refractivity contribution < 1.29 is 10.2 Å². The van der Waals surface area contributed by atoms with Crippen LogP contribution in [0.3, 0.4) is 0 Å². The molecule has 1 heterocycles. The Morgan fingerprint density at radius 2 is 1.83 bits per heavy atom. The molecule has 0 aliphatic carbocycles. The number of hydrogen-bond donors (Lipinski definition) is 3. The van der Waals surface area contributed by atoms with Crippen molar-refractivity contribution in [1.82, 2.24) is 10.2 Å². The van der Waals surface area contributed by atoms with Gasteiger partial charge in [-0.2, -0.15) is 0 Å². The van der Waals surface area contributed by atoms with Crippen LogP contribution in [0.25, 0.3) is 0 Å². The van der Waals surface area contributed by atoms with Crippen LogP contribution in [-0.4, -0.2) is 47.4 Å². The fraction of sp³-hybridized carbons (Fsp3) is 0.571. The third-order valence-electron chi connectivity index (χ3n) is 3.31. The average molecular weight is 250 g/mol. The van der Waals surface area contributed by atoms with Gasteiger partial charge < -0.3 is 20.4 Å². The van der Waals surface area contributed by atoms with Crippen LogP contribution in [0.2, 0.25) is 0 Å². The topological polar surface area (TPSA) is 55.7 Å². The second-order valence-corrected chi connectivity index (χ2v) is 4.96. The van der Waals surface area contributed by atoms with Gasteiger partial charge in [-0.3, -0.25) is 0 Å². The van der Waals surface area contributed by atoms with Gasteiger partial charge in [0.15, 0.2) is 0 Å². The second-order valence-electron chi connectivity index (χ2n) is 4.96. The van der Waals surface area contributed by atoms with Crippen molar-refractivity contribution in [2.45, 2.75) is 25.5 Å². The summed E-state index contributed by atoms with van der Waals surface area (Å²) in [6.07, 6.45) is 2.21. The maximum absolute atomic E-state index is 9.89. The van der Waals surface area contributed by atoms with Gasteiger partial charge in [0.2, 0.25) is 0 Å². The number of aromatic hydroxyl groups is 1. The minimum atomic E-state index is -0.305. The molecule has 100 valence electrons. The minimum Gasteiger partial charge on any atom is -0.508 e. The first-order chi connectivity index (χ1) is 8.74. The largest absolute Gasteiger partial charge is 0.508 e. The fourth-order valence-electron chi connectivity index (χ4n) is 2.32. The summed E-state index contributed by atoms with van der Waals surface area (Å²) in [6, 6.07) is 7.12. The molecule has 2 rings (SSSR count). The number of hydrogen-bond acceptors (Lipinski definition) is 4. The first kappa shape index (κ1) is 13.3. The van der Waals surface area contributed by atoms with Crippen LogP contribution in [0, 0.1) is 0 Å². The normalized spacial score (nSPS) is 18.1. The summed E-state index contributed by atoms with van der Waals surface area (Å²) in [4.78, 5) is 2.31. The summed E-state index contributed by atoms with van der Waals surface area (Å²) >= 11 is 0. The Morgan fingerprint density at radius 1 is 1.17 bits per heavy atom. The third kappa shape index (κ3) is 4.29. The Balaban J connectivity index is 1.63. The van der Waals surface area contributed by atoms with Crippen LogP contribution < -0.4 is 5.32 Å². The molecular weight excluding hydrogens is 228 g/mol. The zero-order chi connectivity index (χ0) is 12.8. The van der Waals surface area contributed by atoms with Crippen molar-refractivity contribution in [3.05, 3.63) is 29.8 Å². The number of benzene rings is 1. The Bertz CT molecular complexity index is 347. The molecule has 4 heteroatoms. The molecule has 3 N–H and O–H groups in total. The highest BCUT2D eigenvalue weighted by molar-refractivity contribution is 5.25. The predicted octanol–water partition coefficient (Wildman–Crippen LogP) is 0.938. The molecule has 1 atom stereocenters. The zero-order valence-corrected chi connectivity index (χ0v) is 10.7. The van der Waals surface area contributed by atoms with E-state index in [4.69, 9.17) is 5.11 Å². The van der Waals surface area contributed by atoms with Crippen LogP contribution >= 0.6 is 0 Å². The highest BCUT2D eigenvalue weighted by Gasteiger charge is 2.15. The van der Waals surface area contributed by atoms with E-state index in [1.807, 2.05) is 12.1 Å². The first-order valence-electron chi connectivity index (χ1n) is 6.63. The average Bonchev–Trinajstić information content (AvgIpc) is 2.84. The van der Waals surface area contributed by atoms with E-state index < -0.39 is 0 Å². The van der Waals surface area contributed by atoms with E-state index in [1.165, 1.54) is 12.8 Å². The van der Waals surface area contributed by atoms with Crippen molar-refractivity contribution in [2.24, 2.45) is 0 Å². The standard InChI is InChI=1S/C14H22N2O2/c17-13-5-3-12(4-6-13)9-15-10-14(18)11-16-7-1-2-8-16/h3-6,14-15,17-18H,1-2,7-11H2. The molecule has 0 bridgehead atoms. The van der Waals surface area contributed by atoms with Crippen LogP contribution in [0.15, 0.2) is 24.3 Å². The first-order valence-corrected chi connectivity index (χ1v) is 6.63. The summed E-state index contributed by atoms with van der Waals surface area (Å²) in [7, 11) is 0. The number of likely N-dealkylation sites (tertiary alicyclic amines) is 1. The van der Waals surface area contributed by atoms with Crippen LogP contribution in [-0.2, 0) is 6.54 Å². The van der Waals surface area contributed by atoms with Crippen molar-refractivity contribution in [2.75, 3.05) is 26.2 Å².